The normalized spacial score (nSPS) is 14.0. The Bertz CT molecular complexity index is 508. The molecule has 0 aliphatic heterocycles. The summed E-state index contributed by atoms with van der Waals surface area (Å²) in [4.78, 5) is 24.7. The standard InChI is InChI=1S/C17H26N2O3/c1-12(15(20)21)11-19(5)16(22)18-14(17(2,3)4)13-9-7-6-8-10-13/h6-10,12,14H,11H2,1-5H3,(H,18,22)(H,20,21). The Morgan fingerprint density at radius 1 is 1.23 bits per heavy atom. The number of carbonyl (C=O) groups is 2. The zero-order chi connectivity index (χ0) is 16.9. The van der Waals surface area contributed by atoms with Crippen LogP contribution in [0.1, 0.15) is 39.3 Å². The SMILES string of the molecule is CC(CN(C)C(=O)NC(c1ccccc1)C(C)(C)C)C(=O)O. The van der Waals surface area contributed by atoms with E-state index >= 15 is 0 Å². The fourth-order valence-electron chi connectivity index (χ4n) is 2.25. The number of benzene rings is 1. The molecule has 0 bridgehead atoms. The fraction of sp³-hybridized carbons (Fsp3) is 0.529. The lowest BCUT2D eigenvalue weighted by Crippen LogP contribution is -2.45. The molecule has 1 aromatic rings. The van der Waals surface area contributed by atoms with Crippen LogP contribution >= 0.6 is 0 Å². The Morgan fingerprint density at radius 3 is 2.23 bits per heavy atom. The molecule has 5 nitrogen and oxygen atoms in total. The van der Waals surface area contributed by atoms with Gasteiger partial charge in [-0.3, -0.25) is 4.79 Å². The maximum atomic E-state index is 12.4. The second-order valence-corrected chi connectivity index (χ2v) is 6.78. The molecule has 2 amide bonds. The van der Waals surface area contributed by atoms with Crippen molar-refractivity contribution in [1.82, 2.24) is 10.2 Å². The molecule has 0 saturated heterocycles. The summed E-state index contributed by atoms with van der Waals surface area (Å²) in [6, 6.07) is 9.37. The van der Waals surface area contributed by atoms with Gasteiger partial charge in [-0.1, -0.05) is 58.0 Å². The van der Waals surface area contributed by atoms with Crippen molar-refractivity contribution in [3.05, 3.63) is 35.9 Å². The number of nitrogens with one attached hydrogen (secondary N) is 1. The van der Waals surface area contributed by atoms with E-state index in [-0.39, 0.29) is 24.0 Å². The van der Waals surface area contributed by atoms with Crippen molar-refractivity contribution in [1.29, 1.82) is 0 Å². The average Bonchev–Trinajstić information content (AvgIpc) is 2.43. The van der Waals surface area contributed by atoms with Crippen molar-refractivity contribution in [3.63, 3.8) is 0 Å². The summed E-state index contributed by atoms with van der Waals surface area (Å²) in [5.74, 6) is -1.50. The van der Waals surface area contributed by atoms with Gasteiger partial charge in [-0.15, -0.1) is 0 Å². The molecule has 0 fully saturated rings. The Morgan fingerprint density at radius 2 is 1.77 bits per heavy atom. The minimum atomic E-state index is -0.907. The maximum Gasteiger partial charge on any atom is 0.317 e. The van der Waals surface area contributed by atoms with Crippen LogP contribution in [0.2, 0.25) is 0 Å². The van der Waals surface area contributed by atoms with Crippen LogP contribution in [0.25, 0.3) is 0 Å². The van der Waals surface area contributed by atoms with Crippen molar-refractivity contribution in [2.45, 2.75) is 33.7 Å². The van der Waals surface area contributed by atoms with Crippen LogP contribution in [0.15, 0.2) is 30.3 Å². The highest BCUT2D eigenvalue weighted by Gasteiger charge is 2.29. The van der Waals surface area contributed by atoms with Gasteiger partial charge in [0, 0.05) is 13.6 Å². The zero-order valence-corrected chi connectivity index (χ0v) is 14.0. The van der Waals surface area contributed by atoms with E-state index in [2.05, 4.69) is 26.1 Å². The van der Waals surface area contributed by atoms with Gasteiger partial charge < -0.3 is 15.3 Å². The first-order chi connectivity index (χ1) is 10.1. The van der Waals surface area contributed by atoms with Crippen LogP contribution in [0.4, 0.5) is 4.79 Å². The lowest BCUT2D eigenvalue weighted by molar-refractivity contribution is -0.141. The summed E-state index contributed by atoms with van der Waals surface area (Å²) in [6.07, 6.45) is 0. The predicted octanol–water partition coefficient (Wildman–Crippen LogP) is 3.14. The third-order valence-corrected chi connectivity index (χ3v) is 3.58. The molecular weight excluding hydrogens is 280 g/mol. The molecular formula is C17H26N2O3. The number of hydrogen-bond donors (Lipinski definition) is 2. The summed E-state index contributed by atoms with van der Waals surface area (Å²) >= 11 is 0. The van der Waals surface area contributed by atoms with E-state index in [1.54, 1.807) is 14.0 Å². The molecule has 0 saturated carbocycles. The molecule has 2 unspecified atom stereocenters. The van der Waals surface area contributed by atoms with E-state index < -0.39 is 11.9 Å². The molecule has 2 N–H and O–H groups in total. The minimum Gasteiger partial charge on any atom is -0.481 e. The van der Waals surface area contributed by atoms with E-state index in [0.29, 0.717) is 0 Å². The second-order valence-electron chi connectivity index (χ2n) is 6.78. The molecule has 1 rings (SSSR count). The molecule has 2 atom stereocenters. The van der Waals surface area contributed by atoms with Gasteiger partial charge in [0.15, 0.2) is 0 Å². The van der Waals surface area contributed by atoms with Crippen molar-refractivity contribution in [2.24, 2.45) is 11.3 Å². The van der Waals surface area contributed by atoms with Crippen LogP contribution in [-0.4, -0.2) is 35.6 Å². The first-order valence-electron chi connectivity index (χ1n) is 7.42. The molecule has 5 heteroatoms. The topological polar surface area (TPSA) is 69.6 Å². The van der Waals surface area contributed by atoms with Gasteiger partial charge in [-0.2, -0.15) is 0 Å². The Kier molecular flexibility index (Phi) is 5.97. The zero-order valence-electron chi connectivity index (χ0n) is 14.0. The first kappa shape index (κ1) is 18.0. The van der Waals surface area contributed by atoms with Gasteiger partial charge in [0.2, 0.25) is 0 Å². The summed E-state index contributed by atoms with van der Waals surface area (Å²) < 4.78 is 0. The number of carboxylic acids is 1. The Balaban J connectivity index is 2.83. The lowest BCUT2D eigenvalue weighted by atomic mass is 9.82. The number of rotatable bonds is 5. The van der Waals surface area contributed by atoms with Gasteiger partial charge in [-0.25, -0.2) is 4.79 Å². The number of amides is 2. The van der Waals surface area contributed by atoms with Crippen molar-refractivity contribution in [3.8, 4) is 0 Å². The van der Waals surface area contributed by atoms with Gasteiger partial charge in [-0.05, 0) is 11.0 Å². The number of nitrogens with zero attached hydrogens (tertiary/aromatic N) is 1. The predicted molar refractivity (Wildman–Crippen MR) is 86.6 cm³/mol. The van der Waals surface area contributed by atoms with E-state index in [1.165, 1.54) is 4.90 Å². The van der Waals surface area contributed by atoms with Gasteiger partial charge in [0.1, 0.15) is 0 Å². The van der Waals surface area contributed by atoms with E-state index in [9.17, 15) is 9.59 Å². The molecule has 0 aromatic heterocycles. The Labute approximate surface area is 132 Å². The minimum absolute atomic E-state index is 0.149. The molecule has 122 valence electrons. The van der Waals surface area contributed by atoms with Crippen LogP contribution in [0, 0.1) is 11.3 Å². The summed E-state index contributed by atoms with van der Waals surface area (Å²) in [5, 5.41) is 12.0. The van der Waals surface area contributed by atoms with Crippen LogP contribution in [0.3, 0.4) is 0 Å². The summed E-state index contributed by atoms with van der Waals surface area (Å²) in [6.45, 7) is 7.94. The molecule has 1 aromatic carbocycles. The van der Waals surface area contributed by atoms with Crippen LogP contribution in [-0.2, 0) is 4.79 Å². The van der Waals surface area contributed by atoms with Crippen molar-refractivity contribution < 1.29 is 14.7 Å². The molecule has 0 radical (unpaired) electrons. The largest absolute Gasteiger partial charge is 0.481 e. The van der Waals surface area contributed by atoms with E-state index in [0.717, 1.165) is 5.56 Å². The van der Waals surface area contributed by atoms with Gasteiger partial charge in [0.05, 0.1) is 12.0 Å². The Hall–Kier alpha value is -2.04. The molecule has 0 aliphatic rings. The number of urea groups is 1. The monoisotopic (exact) mass is 306 g/mol. The van der Waals surface area contributed by atoms with Crippen LogP contribution < -0.4 is 5.32 Å². The fourth-order valence-corrected chi connectivity index (χ4v) is 2.25. The summed E-state index contributed by atoms with van der Waals surface area (Å²) in [7, 11) is 1.61. The summed E-state index contributed by atoms with van der Waals surface area (Å²) in [5.41, 5.74) is 0.874. The molecule has 0 heterocycles. The highest BCUT2D eigenvalue weighted by atomic mass is 16.4. The third kappa shape index (κ3) is 5.06. The van der Waals surface area contributed by atoms with Crippen molar-refractivity contribution >= 4 is 12.0 Å². The highest BCUT2D eigenvalue weighted by molar-refractivity contribution is 5.76. The van der Waals surface area contributed by atoms with Crippen molar-refractivity contribution in [2.75, 3.05) is 13.6 Å². The smallest absolute Gasteiger partial charge is 0.317 e. The molecule has 0 spiro atoms. The number of carboxylic acid groups (broad SMARTS) is 1. The van der Waals surface area contributed by atoms with E-state index in [4.69, 9.17) is 5.11 Å². The first-order valence-corrected chi connectivity index (χ1v) is 7.42. The van der Waals surface area contributed by atoms with Gasteiger partial charge >= 0.3 is 12.0 Å². The average molecular weight is 306 g/mol. The quantitative estimate of drug-likeness (QED) is 0.878. The molecule has 0 aliphatic carbocycles. The third-order valence-electron chi connectivity index (χ3n) is 3.58. The highest BCUT2D eigenvalue weighted by Crippen LogP contribution is 2.32. The van der Waals surface area contributed by atoms with E-state index in [1.807, 2.05) is 30.3 Å². The number of hydrogen-bond acceptors (Lipinski definition) is 2. The van der Waals surface area contributed by atoms with Gasteiger partial charge in [0.25, 0.3) is 0 Å². The maximum absolute atomic E-state index is 12.4. The second kappa shape index (κ2) is 7.29. The number of aliphatic carboxylic acids is 1. The lowest BCUT2D eigenvalue weighted by Gasteiger charge is -2.33. The number of carbonyl (C=O) groups excluding carboxylic acids is 1. The molecule has 22 heavy (non-hydrogen) atoms. The van der Waals surface area contributed by atoms with Crippen LogP contribution in [0.5, 0.6) is 0 Å².